The molecule has 0 aromatic heterocycles. The Bertz CT molecular complexity index is 405. The molecule has 0 amide bonds. The molecule has 0 aliphatic rings. The number of unbranched alkanes of at least 4 members (excludes halogenated alkanes) is 20. The fourth-order valence-corrected chi connectivity index (χ4v) is 4.44. The van der Waals surface area contributed by atoms with Gasteiger partial charge in [0.2, 0.25) is 0 Å². The maximum Gasteiger partial charge on any atom is 0.306 e. The van der Waals surface area contributed by atoms with E-state index in [1.54, 1.807) is 0 Å². The van der Waals surface area contributed by atoms with Crippen LogP contribution in [0.2, 0.25) is 0 Å². The van der Waals surface area contributed by atoms with Crippen molar-refractivity contribution in [2.24, 2.45) is 0 Å². The van der Waals surface area contributed by atoms with Crippen LogP contribution in [0.25, 0.3) is 0 Å². The van der Waals surface area contributed by atoms with Crippen molar-refractivity contribution in [3.63, 3.8) is 0 Å². The Kier molecular flexibility index (Phi) is 34.7. The first-order valence-electron chi connectivity index (χ1n) is 15.0. The van der Waals surface area contributed by atoms with Gasteiger partial charge >= 0.3 is 5.97 Å². The molecule has 0 atom stereocenters. The van der Waals surface area contributed by atoms with Gasteiger partial charge in [-0.1, -0.05) is 142 Å². The van der Waals surface area contributed by atoms with Crippen LogP contribution in [0, 0.1) is 0 Å². The molecule has 0 aromatic rings. The molecule has 0 bridgehead atoms. The smallest absolute Gasteiger partial charge is 0.306 e. The second-order valence-electron chi connectivity index (χ2n) is 10.0. The zero-order valence-corrected chi connectivity index (χ0v) is 26.8. The van der Waals surface area contributed by atoms with Gasteiger partial charge in [0.1, 0.15) is 0 Å². The Balaban J connectivity index is 0. The fourth-order valence-electron chi connectivity index (χ4n) is 4.25. The third kappa shape index (κ3) is 32.3. The molecule has 0 rings (SSSR count). The Labute approximate surface area is 246 Å². The Morgan fingerprint density at radius 3 is 1.17 bits per heavy atom. The first-order chi connectivity index (χ1) is 16.7. The van der Waals surface area contributed by atoms with Crippen LogP contribution in [-0.4, -0.2) is 53.8 Å². The average Bonchev–Trinajstić information content (AvgIpc) is 2.84. The van der Waals surface area contributed by atoms with Gasteiger partial charge in [-0.3, -0.25) is 4.79 Å². The molecule has 3 nitrogen and oxygen atoms in total. The van der Waals surface area contributed by atoms with Gasteiger partial charge in [-0.05, 0) is 25.1 Å². The predicted octanol–water partition coefficient (Wildman–Crippen LogP) is 9.89. The second kappa shape index (κ2) is 32.4. The third-order valence-corrected chi connectivity index (χ3v) is 6.88. The normalized spacial score (nSPS) is 10.7. The monoisotopic (exact) mass is 521 g/mol. The summed E-state index contributed by atoms with van der Waals surface area (Å²) >= 11 is 5.26. The van der Waals surface area contributed by atoms with Gasteiger partial charge in [-0.2, -0.15) is 0 Å². The van der Waals surface area contributed by atoms with Crippen LogP contribution < -0.4 is 0 Å². The van der Waals surface area contributed by atoms with Crippen molar-refractivity contribution in [2.75, 3.05) is 13.2 Å². The van der Waals surface area contributed by atoms with Gasteiger partial charge in [-0.25, -0.2) is 0 Å². The minimum Gasteiger partial charge on any atom is -0.487 e. The number of rotatable bonds is 27. The number of thiocarbonyl (C=S) groups is 1. The van der Waals surface area contributed by atoms with E-state index >= 15 is 0 Å². The van der Waals surface area contributed by atoms with E-state index in [2.05, 4.69) is 13.8 Å². The number of carbonyl (C=O) groups is 1. The molecular formula is C30H58NaO3S. The molecule has 0 saturated carbocycles. The summed E-state index contributed by atoms with van der Waals surface area (Å²) < 4.78 is 11.0. The van der Waals surface area contributed by atoms with Gasteiger partial charge in [0.15, 0.2) is 5.05 Å². The Morgan fingerprint density at radius 1 is 0.486 bits per heavy atom. The molecule has 0 heterocycles. The van der Waals surface area contributed by atoms with Gasteiger partial charge in [-0.15, -0.1) is 0 Å². The number of hydrogen-bond donors (Lipinski definition) is 0. The maximum atomic E-state index is 11.9. The van der Waals surface area contributed by atoms with Crippen molar-refractivity contribution in [2.45, 2.75) is 168 Å². The van der Waals surface area contributed by atoms with E-state index in [0.29, 0.717) is 31.1 Å². The molecule has 0 aliphatic carbocycles. The Hall–Kier alpha value is 0.360. The second-order valence-corrected chi connectivity index (χ2v) is 10.5. The van der Waals surface area contributed by atoms with Crippen LogP contribution in [0.1, 0.15) is 168 Å². The van der Waals surface area contributed by atoms with Crippen LogP contribution in [0.3, 0.4) is 0 Å². The van der Waals surface area contributed by atoms with Gasteiger partial charge in [0.25, 0.3) is 0 Å². The summed E-state index contributed by atoms with van der Waals surface area (Å²) in [5.41, 5.74) is 0. The molecule has 0 fully saturated rings. The largest absolute Gasteiger partial charge is 0.487 e. The molecule has 0 aliphatic heterocycles. The van der Waals surface area contributed by atoms with Crippen molar-refractivity contribution in [1.82, 2.24) is 0 Å². The summed E-state index contributed by atoms with van der Waals surface area (Å²) in [6.45, 7) is 5.76. The van der Waals surface area contributed by atoms with Gasteiger partial charge in [0, 0.05) is 36.0 Å². The van der Waals surface area contributed by atoms with Crippen LogP contribution in [0.4, 0.5) is 0 Å². The van der Waals surface area contributed by atoms with E-state index in [9.17, 15) is 4.79 Å². The first kappa shape index (κ1) is 37.5. The third-order valence-electron chi connectivity index (χ3n) is 6.56. The summed E-state index contributed by atoms with van der Waals surface area (Å²) in [5.74, 6) is -0.146. The van der Waals surface area contributed by atoms with Gasteiger partial charge in [0.05, 0.1) is 19.6 Å². The van der Waals surface area contributed by atoms with E-state index in [-0.39, 0.29) is 35.5 Å². The van der Waals surface area contributed by atoms with E-state index in [1.165, 1.54) is 122 Å². The van der Waals surface area contributed by atoms with Crippen LogP contribution in [-0.2, 0) is 14.3 Å². The fraction of sp³-hybridized carbons (Fsp3) is 0.933. The minimum absolute atomic E-state index is 0. The molecule has 1 radical (unpaired) electrons. The topological polar surface area (TPSA) is 35.5 Å². The summed E-state index contributed by atoms with van der Waals surface area (Å²) in [4.78, 5) is 11.9. The van der Waals surface area contributed by atoms with Crippen LogP contribution in [0.5, 0.6) is 0 Å². The minimum atomic E-state index is -0.146. The molecule has 0 unspecified atom stereocenters. The maximum absolute atomic E-state index is 11.9. The van der Waals surface area contributed by atoms with Crippen molar-refractivity contribution in [3.8, 4) is 0 Å². The summed E-state index contributed by atoms with van der Waals surface area (Å²) in [6, 6.07) is 0. The number of hydrogen-bond acceptors (Lipinski definition) is 4. The van der Waals surface area contributed by atoms with Crippen molar-refractivity contribution in [1.29, 1.82) is 0 Å². The molecule has 0 N–H and O–H groups in total. The van der Waals surface area contributed by atoms with Crippen LogP contribution >= 0.6 is 12.2 Å². The number of ether oxygens (including phenoxy) is 2. The standard InChI is InChI=1S/C30H58O3S.Na/c1-3-5-7-9-11-13-15-17-19-21-23-27-32-29(31)25-26-30(34)33-28-24-22-20-18-16-14-12-10-8-6-4-2;/h3-28H2,1-2H3;. The quantitative estimate of drug-likeness (QED) is 0.0466. The predicted molar refractivity (Wildman–Crippen MR) is 157 cm³/mol. The van der Waals surface area contributed by atoms with E-state index in [4.69, 9.17) is 21.7 Å². The van der Waals surface area contributed by atoms with Crippen molar-refractivity contribution >= 4 is 52.8 Å². The molecule has 0 saturated heterocycles. The molecule has 0 aromatic carbocycles. The van der Waals surface area contributed by atoms with Crippen LogP contribution in [0.15, 0.2) is 0 Å². The number of carbonyl (C=O) groups excluding carboxylic acids is 1. The van der Waals surface area contributed by atoms with E-state index < -0.39 is 0 Å². The Morgan fingerprint density at radius 2 is 0.800 bits per heavy atom. The summed E-state index contributed by atoms with van der Waals surface area (Å²) in [5, 5.41) is 0.554. The van der Waals surface area contributed by atoms with E-state index in [1.807, 2.05) is 0 Å². The van der Waals surface area contributed by atoms with Gasteiger partial charge < -0.3 is 9.47 Å². The summed E-state index contributed by atoms with van der Waals surface area (Å²) in [7, 11) is 0. The number of esters is 1. The molecule has 35 heavy (non-hydrogen) atoms. The van der Waals surface area contributed by atoms with Crippen molar-refractivity contribution in [3.05, 3.63) is 0 Å². The van der Waals surface area contributed by atoms with Crippen molar-refractivity contribution < 1.29 is 14.3 Å². The average molecular weight is 522 g/mol. The molecular weight excluding hydrogens is 463 g/mol. The zero-order valence-electron chi connectivity index (χ0n) is 24.0. The van der Waals surface area contributed by atoms with E-state index in [0.717, 1.165) is 19.3 Å². The SMILES string of the molecule is CCCCCCCCCCCCCOC(=O)CCC(=S)OCCCCCCCCCCCCC.[Na]. The first-order valence-corrected chi connectivity index (χ1v) is 15.4. The summed E-state index contributed by atoms with van der Waals surface area (Å²) in [6.07, 6.45) is 29.8. The molecule has 203 valence electrons. The zero-order chi connectivity index (χ0) is 25.0. The molecule has 0 spiro atoms. The molecule has 5 heteroatoms.